The van der Waals surface area contributed by atoms with Gasteiger partial charge in [0.15, 0.2) is 5.65 Å². The standard InChI is InChI=1S/C17H19Cl2N3O3S/c1-3-10(2)16(23)22-9-26-8-14(22)17(24)25-7-12-6-21-5-11(18)4-13(19)15(21)20-12/h4-6,10,14H,3,7-9H2,1-2H3. The van der Waals surface area contributed by atoms with Gasteiger partial charge in [0, 0.05) is 24.1 Å². The van der Waals surface area contributed by atoms with Gasteiger partial charge in [0.1, 0.15) is 12.6 Å². The lowest BCUT2D eigenvalue weighted by Gasteiger charge is -2.24. The first-order valence-corrected chi connectivity index (χ1v) is 10.2. The maximum absolute atomic E-state index is 12.5. The van der Waals surface area contributed by atoms with Crippen molar-refractivity contribution in [1.29, 1.82) is 0 Å². The average molecular weight is 416 g/mol. The summed E-state index contributed by atoms with van der Waals surface area (Å²) in [5.41, 5.74) is 1.11. The molecule has 0 aliphatic carbocycles. The Morgan fingerprint density at radius 1 is 1.42 bits per heavy atom. The fourth-order valence-corrected chi connectivity index (χ4v) is 4.37. The van der Waals surface area contributed by atoms with Crippen LogP contribution in [0.3, 0.4) is 0 Å². The van der Waals surface area contributed by atoms with E-state index in [1.54, 1.807) is 39.5 Å². The molecule has 0 N–H and O–H groups in total. The third kappa shape index (κ3) is 3.94. The second-order valence-electron chi connectivity index (χ2n) is 6.21. The zero-order valence-electron chi connectivity index (χ0n) is 14.4. The predicted molar refractivity (Wildman–Crippen MR) is 102 cm³/mol. The molecule has 1 aliphatic heterocycles. The number of pyridine rings is 1. The first kappa shape index (κ1) is 19.3. The van der Waals surface area contributed by atoms with Crippen LogP contribution in [-0.4, -0.2) is 43.8 Å². The Morgan fingerprint density at radius 3 is 2.92 bits per heavy atom. The van der Waals surface area contributed by atoms with Gasteiger partial charge in [-0.1, -0.05) is 37.0 Å². The Morgan fingerprint density at radius 2 is 2.19 bits per heavy atom. The number of halogens is 2. The molecule has 3 heterocycles. The van der Waals surface area contributed by atoms with Crippen LogP contribution >= 0.6 is 35.0 Å². The quantitative estimate of drug-likeness (QED) is 0.697. The van der Waals surface area contributed by atoms with E-state index in [1.807, 2.05) is 13.8 Å². The highest BCUT2D eigenvalue weighted by atomic mass is 35.5. The molecule has 2 unspecified atom stereocenters. The number of imidazole rings is 1. The number of rotatable bonds is 5. The first-order valence-electron chi connectivity index (χ1n) is 8.28. The molecular weight excluding hydrogens is 397 g/mol. The van der Waals surface area contributed by atoms with Crippen LogP contribution in [0, 0.1) is 5.92 Å². The van der Waals surface area contributed by atoms with Crippen molar-refractivity contribution >= 4 is 52.5 Å². The first-order chi connectivity index (χ1) is 12.4. The van der Waals surface area contributed by atoms with Crippen molar-refractivity contribution in [2.45, 2.75) is 32.9 Å². The molecule has 0 bridgehead atoms. The van der Waals surface area contributed by atoms with E-state index in [-0.39, 0.29) is 18.4 Å². The highest BCUT2D eigenvalue weighted by Gasteiger charge is 2.37. The van der Waals surface area contributed by atoms with E-state index in [1.165, 1.54) is 0 Å². The normalized spacial score (nSPS) is 18.3. The molecule has 1 fully saturated rings. The maximum Gasteiger partial charge on any atom is 0.330 e. The Balaban J connectivity index is 1.67. The minimum atomic E-state index is -0.545. The number of ether oxygens (including phenoxy) is 1. The van der Waals surface area contributed by atoms with Gasteiger partial charge in [-0.25, -0.2) is 9.78 Å². The van der Waals surface area contributed by atoms with Crippen LogP contribution in [0.15, 0.2) is 18.5 Å². The lowest BCUT2D eigenvalue weighted by Crippen LogP contribution is -2.44. The topological polar surface area (TPSA) is 63.9 Å². The van der Waals surface area contributed by atoms with E-state index in [9.17, 15) is 9.59 Å². The number of amides is 1. The fraction of sp³-hybridized carbons (Fsp3) is 0.471. The van der Waals surface area contributed by atoms with Crippen LogP contribution < -0.4 is 0 Å². The smallest absolute Gasteiger partial charge is 0.330 e. The summed E-state index contributed by atoms with van der Waals surface area (Å²) in [4.78, 5) is 30.9. The molecule has 2 atom stereocenters. The highest BCUT2D eigenvalue weighted by Crippen LogP contribution is 2.25. The summed E-state index contributed by atoms with van der Waals surface area (Å²) in [7, 11) is 0. The summed E-state index contributed by atoms with van der Waals surface area (Å²) in [5.74, 6) is 0.551. The average Bonchev–Trinajstić information content (AvgIpc) is 3.25. The Bertz CT molecular complexity index is 842. The zero-order valence-corrected chi connectivity index (χ0v) is 16.8. The van der Waals surface area contributed by atoms with Gasteiger partial charge in [0.05, 0.1) is 21.6 Å². The van der Waals surface area contributed by atoms with Gasteiger partial charge >= 0.3 is 5.97 Å². The Labute approximate surface area is 165 Å². The van der Waals surface area contributed by atoms with Crippen molar-refractivity contribution in [2.24, 2.45) is 5.92 Å². The minimum absolute atomic E-state index is 0.00592. The number of thioether (sulfide) groups is 1. The van der Waals surface area contributed by atoms with E-state index in [0.29, 0.717) is 33.0 Å². The molecule has 3 rings (SSSR count). The van der Waals surface area contributed by atoms with Gasteiger partial charge in [0.2, 0.25) is 5.91 Å². The van der Waals surface area contributed by atoms with Gasteiger partial charge < -0.3 is 14.0 Å². The zero-order chi connectivity index (χ0) is 18.8. The van der Waals surface area contributed by atoms with E-state index >= 15 is 0 Å². The largest absolute Gasteiger partial charge is 0.458 e. The Hall–Kier alpha value is -1.44. The van der Waals surface area contributed by atoms with Crippen molar-refractivity contribution in [1.82, 2.24) is 14.3 Å². The molecule has 0 saturated carbocycles. The molecule has 2 aromatic heterocycles. The predicted octanol–water partition coefficient (Wildman–Crippen LogP) is 3.63. The number of aromatic nitrogens is 2. The lowest BCUT2D eigenvalue weighted by molar-refractivity contribution is -0.155. The molecule has 1 amide bonds. The number of fused-ring (bicyclic) bond motifs is 1. The van der Waals surface area contributed by atoms with Crippen LogP contribution in [0.5, 0.6) is 0 Å². The minimum Gasteiger partial charge on any atom is -0.458 e. The van der Waals surface area contributed by atoms with Crippen molar-refractivity contribution in [3.8, 4) is 0 Å². The van der Waals surface area contributed by atoms with Crippen LogP contribution in [0.2, 0.25) is 10.0 Å². The molecule has 140 valence electrons. The molecule has 2 aromatic rings. The molecule has 0 radical (unpaired) electrons. The van der Waals surface area contributed by atoms with Crippen LogP contribution in [0.25, 0.3) is 5.65 Å². The fourth-order valence-electron chi connectivity index (χ4n) is 2.70. The van der Waals surface area contributed by atoms with Crippen LogP contribution in [0.1, 0.15) is 26.0 Å². The molecule has 9 heteroatoms. The molecule has 0 aromatic carbocycles. The third-order valence-corrected chi connectivity index (χ3v) is 5.85. The van der Waals surface area contributed by atoms with Crippen molar-refractivity contribution in [3.63, 3.8) is 0 Å². The molecule has 1 aliphatic rings. The molecule has 26 heavy (non-hydrogen) atoms. The SMILES string of the molecule is CCC(C)C(=O)N1CSCC1C(=O)OCc1cn2cc(Cl)cc(Cl)c2n1. The van der Waals surface area contributed by atoms with E-state index in [2.05, 4.69) is 4.98 Å². The lowest BCUT2D eigenvalue weighted by atomic mass is 10.1. The van der Waals surface area contributed by atoms with E-state index in [4.69, 9.17) is 27.9 Å². The summed E-state index contributed by atoms with van der Waals surface area (Å²) in [6, 6.07) is 1.06. The van der Waals surface area contributed by atoms with Gasteiger partial charge in [-0.05, 0) is 12.5 Å². The van der Waals surface area contributed by atoms with E-state index in [0.717, 1.165) is 6.42 Å². The molecular formula is C17H19Cl2N3O3S. The van der Waals surface area contributed by atoms with Crippen molar-refractivity contribution in [2.75, 3.05) is 11.6 Å². The van der Waals surface area contributed by atoms with Crippen molar-refractivity contribution in [3.05, 3.63) is 34.2 Å². The summed E-state index contributed by atoms with van der Waals surface area (Å²) in [6.07, 6.45) is 4.14. The summed E-state index contributed by atoms with van der Waals surface area (Å²) >= 11 is 13.6. The number of nitrogens with zero attached hydrogens (tertiary/aromatic N) is 3. The second-order valence-corrected chi connectivity index (χ2v) is 8.05. The number of carbonyl (C=O) groups is 2. The van der Waals surface area contributed by atoms with Gasteiger partial charge in [-0.2, -0.15) is 0 Å². The number of carbonyl (C=O) groups excluding carboxylic acids is 2. The summed E-state index contributed by atoms with van der Waals surface area (Å²) in [5, 5.41) is 0.915. The monoisotopic (exact) mass is 415 g/mol. The third-order valence-electron chi connectivity index (χ3n) is 4.36. The van der Waals surface area contributed by atoms with Crippen molar-refractivity contribution < 1.29 is 14.3 Å². The van der Waals surface area contributed by atoms with Crippen LogP contribution in [-0.2, 0) is 20.9 Å². The summed E-state index contributed by atoms with van der Waals surface area (Å²) in [6.45, 7) is 3.85. The van der Waals surface area contributed by atoms with Crippen LogP contribution in [0.4, 0.5) is 0 Å². The molecule has 1 saturated heterocycles. The van der Waals surface area contributed by atoms with E-state index < -0.39 is 12.0 Å². The number of hydrogen-bond acceptors (Lipinski definition) is 5. The second kappa shape index (κ2) is 8.06. The molecule has 6 nitrogen and oxygen atoms in total. The van der Waals surface area contributed by atoms with Gasteiger partial charge in [0.25, 0.3) is 0 Å². The van der Waals surface area contributed by atoms with Gasteiger partial charge in [-0.15, -0.1) is 11.8 Å². The molecule has 0 spiro atoms. The summed E-state index contributed by atoms with van der Waals surface area (Å²) < 4.78 is 7.10. The Kier molecular flexibility index (Phi) is 5.99. The van der Waals surface area contributed by atoms with Gasteiger partial charge in [-0.3, -0.25) is 4.79 Å². The number of esters is 1. The number of hydrogen-bond donors (Lipinski definition) is 0. The maximum atomic E-state index is 12.5. The highest BCUT2D eigenvalue weighted by molar-refractivity contribution is 7.99.